The molecule has 0 amide bonds. The summed E-state index contributed by atoms with van der Waals surface area (Å²) in [5.74, 6) is -0.144. The minimum absolute atomic E-state index is 0.144. The normalized spacial score (nSPS) is 11.5. The standard InChI is InChI=1S/C23H21NO3S/c1-17-6-13-22(14-7-17)28(26,27)24-21-11-9-20(10-12-21)23(25)15-8-19-5-3-4-18(2)16-19/h3-16,24H,1-2H3/b15-8+. The van der Waals surface area contributed by atoms with E-state index in [4.69, 9.17) is 0 Å². The van der Waals surface area contributed by atoms with Gasteiger partial charge < -0.3 is 0 Å². The van der Waals surface area contributed by atoms with Gasteiger partial charge >= 0.3 is 0 Å². The van der Waals surface area contributed by atoms with Gasteiger partial charge in [0.1, 0.15) is 0 Å². The Labute approximate surface area is 165 Å². The topological polar surface area (TPSA) is 63.2 Å². The van der Waals surface area contributed by atoms with Crippen molar-refractivity contribution in [3.63, 3.8) is 0 Å². The Bertz CT molecular complexity index is 1110. The Kier molecular flexibility index (Phi) is 5.76. The highest BCUT2D eigenvalue weighted by Crippen LogP contribution is 2.18. The van der Waals surface area contributed by atoms with E-state index in [0.717, 1.165) is 16.7 Å². The molecule has 4 nitrogen and oxygen atoms in total. The van der Waals surface area contributed by atoms with Crippen LogP contribution in [0.4, 0.5) is 5.69 Å². The van der Waals surface area contributed by atoms with Gasteiger partial charge in [-0.05, 0) is 61.9 Å². The zero-order chi connectivity index (χ0) is 20.1. The van der Waals surface area contributed by atoms with Gasteiger partial charge in [-0.25, -0.2) is 8.42 Å². The van der Waals surface area contributed by atoms with E-state index in [2.05, 4.69) is 4.72 Å². The molecule has 0 aromatic heterocycles. The number of hydrogen-bond acceptors (Lipinski definition) is 3. The second-order valence-electron chi connectivity index (χ2n) is 6.61. The van der Waals surface area contributed by atoms with Gasteiger partial charge in [-0.15, -0.1) is 0 Å². The lowest BCUT2D eigenvalue weighted by Crippen LogP contribution is -2.13. The quantitative estimate of drug-likeness (QED) is 0.475. The predicted molar refractivity (Wildman–Crippen MR) is 113 cm³/mol. The Morgan fingerprint density at radius 2 is 1.54 bits per heavy atom. The summed E-state index contributed by atoms with van der Waals surface area (Å²) in [5.41, 5.74) is 3.96. The van der Waals surface area contributed by atoms with E-state index in [0.29, 0.717) is 11.3 Å². The zero-order valence-corrected chi connectivity index (χ0v) is 16.5. The molecule has 0 spiro atoms. The van der Waals surface area contributed by atoms with Crippen molar-refractivity contribution in [1.82, 2.24) is 0 Å². The summed E-state index contributed by atoms with van der Waals surface area (Å²) < 4.78 is 27.4. The van der Waals surface area contributed by atoms with E-state index >= 15 is 0 Å². The predicted octanol–water partition coefficient (Wildman–Crippen LogP) is 5.00. The monoisotopic (exact) mass is 391 g/mol. The lowest BCUT2D eigenvalue weighted by atomic mass is 10.1. The molecule has 0 saturated heterocycles. The van der Waals surface area contributed by atoms with Crippen LogP contribution in [0.15, 0.2) is 83.8 Å². The van der Waals surface area contributed by atoms with Crippen LogP contribution in [0.5, 0.6) is 0 Å². The molecule has 0 aliphatic carbocycles. The number of carbonyl (C=O) groups excluding carboxylic acids is 1. The highest BCUT2D eigenvalue weighted by atomic mass is 32.2. The number of ketones is 1. The van der Waals surface area contributed by atoms with Gasteiger partial charge in [0.25, 0.3) is 10.0 Å². The lowest BCUT2D eigenvalue weighted by Gasteiger charge is -2.08. The molecule has 3 rings (SSSR count). The highest BCUT2D eigenvalue weighted by molar-refractivity contribution is 7.92. The maximum atomic E-state index is 12.4. The minimum atomic E-state index is -3.66. The van der Waals surface area contributed by atoms with Gasteiger partial charge in [-0.2, -0.15) is 0 Å². The van der Waals surface area contributed by atoms with Crippen LogP contribution >= 0.6 is 0 Å². The SMILES string of the molecule is Cc1ccc(S(=O)(=O)Nc2ccc(C(=O)/C=C/c3cccc(C)c3)cc2)cc1. The highest BCUT2D eigenvalue weighted by Gasteiger charge is 2.14. The maximum Gasteiger partial charge on any atom is 0.261 e. The summed E-state index contributed by atoms with van der Waals surface area (Å²) >= 11 is 0. The molecule has 0 radical (unpaired) electrons. The third kappa shape index (κ3) is 4.96. The van der Waals surface area contributed by atoms with Crippen LogP contribution in [0.3, 0.4) is 0 Å². The number of rotatable bonds is 6. The molecule has 0 unspecified atom stereocenters. The van der Waals surface area contributed by atoms with Gasteiger partial charge in [0.2, 0.25) is 0 Å². The van der Waals surface area contributed by atoms with Crippen molar-refractivity contribution in [1.29, 1.82) is 0 Å². The van der Waals surface area contributed by atoms with Crippen molar-refractivity contribution in [2.75, 3.05) is 4.72 Å². The molecular weight excluding hydrogens is 370 g/mol. The van der Waals surface area contributed by atoms with E-state index in [1.165, 1.54) is 6.08 Å². The molecule has 0 saturated carbocycles. The fourth-order valence-corrected chi connectivity index (χ4v) is 3.73. The van der Waals surface area contributed by atoms with Crippen LogP contribution in [0.2, 0.25) is 0 Å². The molecule has 0 aliphatic heterocycles. The molecule has 3 aromatic carbocycles. The fourth-order valence-electron chi connectivity index (χ4n) is 2.68. The van der Waals surface area contributed by atoms with E-state index in [9.17, 15) is 13.2 Å². The number of aryl methyl sites for hydroxylation is 2. The number of anilines is 1. The number of hydrogen-bond donors (Lipinski definition) is 1. The summed E-state index contributed by atoms with van der Waals surface area (Å²) in [6.45, 7) is 3.89. The maximum absolute atomic E-state index is 12.4. The van der Waals surface area contributed by atoms with Gasteiger partial charge in [-0.3, -0.25) is 9.52 Å². The summed E-state index contributed by atoms with van der Waals surface area (Å²) in [6.07, 6.45) is 3.28. The van der Waals surface area contributed by atoms with Crippen molar-refractivity contribution in [2.45, 2.75) is 18.7 Å². The molecule has 0 bridgehead atoms. The smallest absolute Gasteiger partial charge is 0.261 e. The first-order chi connectivity index (χ1) is 13.3. The van der Waals surface area contributed by atoms with E-state index < -0.39 is 10.0 Å². The second kappa shape index (κ2) is 8.23. The summed E-state index contributed by atoms with van der Waals surface area (Å²) in [7, 11) is -3.66. The molecule has 3 aromatic rings. The van der Waals surface area contributed by atoms with Crippen LogP contribution in [0.1, 0.15) is 27.0 Å². The number of sulfonamides is 1. The van der Waals surface area contributed by atoms with Crippen molar-refractivity contribution >= 4 is 27.6 Å². The van der Waals surface area contributed by atoms with Crippen molar-refractivity contribution < 1.29 is 13.2 Å². The third-order valence-corrected chi connectivity index (χ3v) is 5.62. The molecule has 1 N–H and O–H groups in total. The average Bonchev–Trinajstić information content (AvgIpc) is 2.67. The first-order valence-electron chi connectivity index (χ1n) is 8.82. The molecular formula is C23H21NO3S. The Hall–Kier alpha value is -3.18. The van der Waals surface area contributed by atoms with Gasteiger partial charge in [-0.1, -0.05) is 53.6 Å². The Balaban J connectivity index is 1.70. The first-order valence-corrected chi connectivity index (χ1v) is 10.3. The first kappa shape index (κ1) is 19.6. The average molecular weight is 391 g/mol. The van der Waals surface area contributed by atoms with E-state index in [1.54, 1.807) is 54.6 Å². The van der Waals surface area contributed by atoms with Crippen LogP contribution < -0.4 is 4.72 Å². The molecule has 5 heteroatoms. The van der Waals surface area contributed by atoms with Crippen molar-refractivity contribution in [3.8, 4) is 0 Å². The van der Waals surface area contributed by atoms with Crippen LogP contribution in [0.25, 0.3) is 6.08 Å². The van der Waals surface area contributed by atoms with E-state index in [-0.39, 0.29) is 10.7 Å². The molecule has 0 heterocycles. The van der Waals surface area contributed by atoms with Crippen molar-refractivity contribution in [2.24, 2.45) is 0 Å². The Morgan fingerprint density at radius 1 is 0.857 bits per heavy atom. The zero-order valence-electron chi connectivity index (χ0n) is 15.7. The van der Waals surface area contributed by atoms with E-state index in [1.807, 2.05) is 38.1 Å². The van der Waals surface area contributed by atoms with Crippen LogP contribution in [0, 0.1) is 13.8 Å². The van der Waals surface area contributed by atoms with Gasteiger partial charge in [0.15, 0.2) is 5.78 Å². The molecule has 0 fully saturated rings. The molecule has 0 aliphatic rings. The summed E-state index contributed by atoms with van der Waals surface area (Å²) in [5, 5.41) is 0. The lowest BCUT2D eigenvalue weighted by molar-refractivity contribution is 0.104. The number of nitrogens with one attached hydrogen (secondary N) is 1. The van der Waals surface area contributed by atoms with Crippen LogP contribution in [-0.2, 0) is 10.0 Å². The fraction of sp³-hybridized carbons (Fsp3) is 0.0870. The number of benzene rings is 3. The second-order valence-corrected chi connectivity index (χ2v) is 8.29. The minimum Gasteiger partial charge on any atom is -0.289 e. The van der Waals surface area contributed by atoms with Crippen molar-refractivity contribution in [3.05, 3.63) is 101 Å². The largest absolute Gasteiger partial charge is 0.289 e. The molecule has 28 heavy (non-hydrogen) atoms. The molecule has 142 valence electrons. The number of carbonyl (C=O) groups is 1. The number of allylic oxidation sites excluding steroid dienone is 1. The summed E-state index contributed by atoms with van der Waals surface area (Å²) in [4.78, 5) is 12.5. The van der Waals surface area contributed by atoms with Crippen LogP contribution in [-0.4, -0.2) is 14.2 Å². The third-order valence-electron chi connectivity index (χ3n) is 4.22. The van der Waals surface area contributed by atoms with Gasteiger partial charge in [0, 0.05) is 11.3 Å². The summed E-state index contributed by atoms with van der Waals surface area (Å²) in [6, 6.07) is 20.9. The van der Waals surface area contributed by atoms with Gasteiger partial charge in [0.05, 0.1) is 4.90 Å². The Morgan fingerprint density at radius 3 is 2.18 bits per heavy atom. The molecule has 0 atom stereocenters.